The Hall–Kier alpha value is -1.28. The molecule has 2 heterocycles. The van der Waals surface area contributed by atoms with Gasteiger partial charge in [0.1, 0.15) is 0 Å². The molecule has 2 aromatic heterocycles. The maximum Gasteiger partial charge on any atom is 0.317 e. The second-order valence-electron chi connectivity index (χ2n) is 1.97. The zero-order chi connectivity index (χ0) is 8.49. The molecule has 0 unspecified atom stereocenters. The lowest BCUT2D eigenvalue weighted by atomic mass is 10.6. The van der Waals surface area contributed by atoms with Gasteiger partial charge in [0, 0.05) is 12.1 Å². The smallest absolute Gasteiger partial charge is 0.224 e. The van der Waals surface area contributed by atoms with Gasteiger partial charge >= 0.3 is 12.5 Å². The minimum atomic E-state index is 1.62. The largest absolute Gasteiger partial charge is 0.317 e. The molecule has 0 fully saturated rings. The van der Waals surface area contributed by atoms with E-state index in [1.165, 1.54) is 0 Å². The lowest BCUT2D eigenvalue weighted by Crippen LogP contribution is -1.47. The standard InChI is InChI=1S/C5H5O.C5H5S/c2*1-2-4-6-5-3-1/h2*1-5H/q2*+1. The van der Waals surface area contributed by atoms with E-state index in [2.05, 4.69) is 4.42 Å². The van der Waals surface area contributed by atoms with E-state index in [4.69, 9.17) is 0 Å². The Morgan fingerprint density at radius 1 is 0.667 bits per heavy atom. The summed E-state index contributed by atoms with van der Waals surface area (Å²) >= 11 is 1.70. The van der Waals surface area contributed by atoms with Gasteiger partial charge in [0.25, 0.3) is 0 Å². The molecule has 0 amide bonds. The van der Waals surface area contributed by atoms with Crippen LogP contribution in [0, 0.1) is 0 Å². The molecule has 0 aromatic carbocycles. The molecule has 1 nitrogen and oxygen atoms in total. The second-order valence-corrected chi connectivity index (χ2v) is 2.79. The first-order valence-corrected chi connectivity index (χ1v) is 4.55. The van der Waals surface area contributed by atoms with Gasteiger partial charge in [0.2, 0.25) is 11.3 Å². The summed E-state index contributed by atoms with van der Waals surface area (Å²) < 4.78 is 4.68. The molecule has 0 saturated heterocycles. The van der Waals surface area contributed by atoms with Crippen molar-refractivity contribution in [2.24, 2.45) is 0 Å². The van der Waals surface area contributed by atoms with Crippen LogP contribution in [0.1, 0.15) is 0 Å². The van der Waals surface area contributed by atoms with Gasteiger partial charge in [-0.15, -0.1) is 0 Å². The van der Waals surface area contributed by atoms with Crippen molar-refractivity contribution in [1.29, 1.82) is 0 Å². The van der Waals surface area contributed by atoms with Crippen LogP contribution < -0.4 is 0 Å². The molecule has 0 N–H and O–H groups in total. The van der Waals surface area contributed by atoms with Crippen molar-refractivity contribution < 1.29 is 4.42 Å². The van der Waals surface area contributed by atoms with Gasteiger partial charge in [-0.3, -0.25) is 0 Å². The van der Waals surface area contributed by atoms with E-state index in [1.54, 1.807) is 23.9 Å². The van der Waals surface area contributed by atoms with Crippen LogP contribution in [-0.2, 0) is 0 Å². The van der Waals surface area contributed by atoms with Gasteiger partial charge in [0.05, 0.1) is 0 Å². The molecule has 0 bridgehead atoms. The predicted octanol–water partition coefficient (Wildman–Crippen LogP) is 3.59. The van der Waals surface area contributed by atoms with E-state index in [-0.39, 0.29) is 0 Å². The van der Waals surface area contributed by atoms with Crippen LogP contribution in [0.15, 0.2) is 64.1 Å². The normalized spacial score (nSPS) is 8.00. The van der Waals surface area contributed by atoms with Crippen LogP contribution >= 0.6 is 11.3 Å². The summed E-state index contributed by atoms with van der Waals surface area (Å²) in [6, 6.07) is 11.6. The Morgan fingerprint density at radius 3 is 1.42 bits per heavy atom. The summed E-state index contributed by atoms with van der Waals surface area (Å²) in [7, 11) is 0. The first-order chi connectivity index (χ1) is 6.00. The van der Waals surface area contributed by atoms with Gasteiger partial charge in [-0.25, -0.2) is 4.42 Å². The second kappa shape index (κ2) is 6.43. The van der Waals surface area contributed by atoms with Crippen LogP contribution in [-0.4, -0.2) is 0 Å². The Balaban J connectivity index is 0.000000120. The molecule has 0 aliphatic rings. The van der Waals surface area contributed by atoms with Crippen molar-refractivity contribution in [2.75, 3.05) is 0 Å². The molecular formula is C10H10OS+2. The zero-order valence-electron chi connectivity index (χ0n) is 6.59. The average molecular weight is 178 g/mol. The van der Waals surface area contributed by atoms with Crippen LogP contribution in [0.5, 0.6) is 0 Å². The molecule has 0 atom stereocenters. The molecule has 0 spiro atoms. The monoisotopic (exact) mass is 178 g/mol. The maximum atomic E-state index is 4.68. The van der Waals surface area contributed by atoms with Crippen LogP contribution in [0.3, 0.4) is 0 Å². The third-order valence-corrected chi connectivity index (χ3v) is 1.70. The quantitative estimate of drug-likeness (QED) is 0.561. The van der Waals surface area contributed by atoms with E-state index < -0.39 is 0 Å². The number of hydrogen-bond donors (Lipinski definition) is 0. The summed E-state index contributed by atoms with van der Waals surface area (Å²) in [6.07, 6.45) is 3.25. The van der Waals surface area contributed by atoms with Crippen molar-refractivity contribution in [3.8, 4) is 0 Å². The van der Waals surface area contributed by atoms with Crippen LogP contribution in [0.2, 0.25) is 0 Å². The Kier molecular flexibility index (Phi) is 4.72. The van der Waals surface area contributed by atoms with Gasteiger partial charge in [-0.2, -0.15) is 0 Å². The topological polar surface area (TPSA) is 11.3 Å². The summed E-state index contributed by atoms with van der Waals surface area (Å²) in [5.41, 5.74) is 0. The summed E-state index contributed by atoms with van der Waals surface area (Å²) in [5.74, 6) is 0. The third-order valence-electron chi connectivity index (χ3n) is 1.07. The molecule has 0 saturated carbocycles. The molecule has 0 aliphatic heterocycles. The minimum Gasteiger partial charge on any atom is -0.224 e. The van der Waals surface area contributed by atoms with E-state index in [0.29, 0.717) is 0 Å². The van der Waals surface area contributed by atoms with Crippen LogP contribution in [0.4, 0.5) is 0 Å². The number of hydrogen-bond acceptors (Lipinski definition) is 0. The SMILES string of the molecule is c1cc[o+]cc1.c1cc[s+]cc1. The van der Waals surface area contributed by atoms with Gasteiger partial charge in [-0.1, -0.05) is 6.07 Å². The highest BCUT2D eigenvalue weighted by Crippen LogP contribution is 1.90. The average Bonchev–Trinajstić information content (AvgIpc) is 2.24. The fourth-order valence-electron chi connectivity index (χ4n) is 0.582. The molecule has 2 rings (SSSR count). The van der Waals surface area contributed by atoms with Gasteiger partial charge < -0.3 is 0 Å². The van der Waals surface area contributed by atoms with Crippen LogP contribution in [0.25, 0.3) is 0 Å². The van der Waals surface area contributed by atoms with Crippen molar-refractivity contribution in [3.63, 3.8) is 0 Å². The lowest BCUT2D eigenvalue weighted by molar-refractivity contribution is 0.550. The van der Waals surface area contributed by atoms with Gasteiger partial charge in [-0.05, 0) is 18.2 Å². The first kappa shape index (κ1) is 8.81. The summed E-state index contributed by atoms with van der Waals surface area (Å²) in [6.45, 7) is 0. The van der Waals surface area contributed by atoms with E-state index in [9.17, 15) is 0 Å². The van der Waals surface area contributed by atoms with E-state index in [1.807, 2.05) is 47.2 Å². The Labute approximate surface area is 75.9 Å². The molecular weight excluding hydrogens is 168 g/mol. The maximum absolute atomic E-state index is 4.68. The molecule has 2 aromatic rings. The van der Waals surface area contributed by atoms with Crippen molar-refractivity contribution in [1.82, 2.24) is 0 Å². The molecule has 60 valence electrons. The highest BCUT2D eigenvalue weighted by atomic mass is 32.1. The van der Waals surface area contributed by atoms with Gasteiger partial charge in [0.15, 0.2) is 10.8 Å². The first-order valence-electron chi connectivity index (χ1n) is 3.61. The molecule has 2 heteroatoms. The van der Waals surface area contributed by atoms with E-state index >= 15 is 0 Å². The highest BCUT2D eigenvalue weighted by molar-refractivity contribution is 7.07. The lowest BCUT2D eigenvalue weighted by Gasteiger charge is -1.57. The molecule has 0 radical (unpaired) electrons. The van der Waals surface area contributed by atoms with Crippen molar-refractivity contribution >= 4 is 11.3 Å². The Bertz CT molecular complexity index is 185. The molecule has 0 aliphatic carbocycles. The van der Waals surface area contributed by atoms with Crippen molar-refractivity contribution in [3.05, 3.63) is 59.7 Å². The van der Waals surface area contributed by atoms with E-state index in [0.717, 1.165) is 0 Å². The fourth-order valence-corrected chi connectivity index (χ4v) is 1.04. The highest BCUT2D eigenvalue weighted by Gasteiger charge is 1.74. The minimum absolute atomic E-state index is 1.62. The van der Waals surface area contributed by atoms with Crippen molar-refractivity contribution in [2.45, 2.75) is 0 Å². The molecule has 12 heavy (non-hydrogen) atoms. The predicted molar refractivity (Wildman–Crippen MR) is 51.8 cm³/mol. The zero-order valence-corrected chi connectivity index (χ0v) is 7.41. The summed E-state index contributed by atoms with van der Waals surface area (Å²) in [4.78, 5) is 0. The fraction of sp³-hybridized carbons (Fsp3) is 0. The summed E-state index contributed by atoms with van der Waals surface area (Å²) in [5, 5.41) is 4.08. The third kappa shape index (κ3) is 4.52. The number of rotatable bonds is 0. The Morgan fingerprint density at radius 2 is 1.25 bits per heavy atom.